The summed E-state index contributed by atoms with van der Waals surface area (Å²) in [5.41, 5.74) is 2.69. The largest absolute Gasteiger partial charge is 0.417 e. The topological polar surface area (TPSA) is 91.8 Å². The van der Waals surface area contributed by atoms with E-state index in [0.29, 0.717) is 16.8 Å². The second kappa shape index (κ2) is 3.69. The van der Waals surface area contributed by atoms with E-state index >= 15 is 0 Å². The number of aromatic nitrogens is 3. The lowest BCUT2D eigenvalue weighted by Gasteiger charge is -2.00. The van der Waals surface area contributed by atoms with E-state index in [4.69, 9.17) is 4.42 Å². The van der Waals surface area contributed by atoms with E-state index in [9.17, 15) is 9.59 Å². The number of oxazole rings is 1. The molecule has 0 saturated heterocycles. The Bertz CT molecular complexity index is 841. The second-order valence-electron chi connectivity index (χ2n) is 3.98. The minimum absolute atomic E-state index is 0.397. The van der Waals surface area contributed by atoms with Gasteiger partial charge in [-0.05, 0) is 31.2 Å². The fourth-order valence-corrected chi connectivity index (χ4v) is 1.84. The number of aryl methyl sites for hydroxylation is 1. The fraction of sp³-hybridized carbons (Fsp3) is 0.0833. The Morgan fingerprint density at radius 3 is 2.78 bits per heavy atom. The lowest BCUT2D eigenvalue weighted by molar-refractivity contribution is 0.555. The first-order valence-corrected chi connectivity index (χ1v) is 5.33. The third-order valence-corrected chi connectivity index (χ3v) is 2.59. The maximum Gasteiger partial charge on any atom is 0.417 e. The van der Waals surface area contributed by atoms with Gasteiger partial charge in [0.1, 0.15) is 0 Å². The van der Waals surface area contributed by atoms with Crippen molar-refractivity contribution in [2.75, 3.05) is 0 Å². The molecule has 0 fully saturated rings. The van der Waals surface area contributed by atoms with Crippen LogP contribution >= 0.6 is 0 Å². The molecule has 6 nitrogen and oxygen atoms in total. The van der Waals surface area contributed by atoms with Crippen LogP contribution in [0.25, 0.3) is 22.4 Å². The van der Waals surface area contributed by atoms with Crippen molar-refractivity contribution in [1.82, 2.24) is 15.0 Å². The fourth-order valence-electron chi connectivity index (χ4n) is 1.84. The Hall–Kier alpha value is -2.63. The number of rotatable bonds is 1. The van der Waals surface area contributed by atoms with Crippen LogP contribution in [0.4, 0.5) is 0 Å². The number of hydrogen-bond acceptors (Lipinski definition) is 4. The van der Waals surface area contributed by atoms with E-state index in [-0.39, 0.29) is 0 Å². The SMILES string of the molecule is Cc1cc(-c2ccc3oc(=O)[nH]c3c2)nc(=O)[nH]1. The van der Waals surface area contributed by atoms with Crippen LogP contribution in [0.5, 0.6) is 0 Å². The van der Waals surface area contributed by atoms with E-state index in [1.165, 1.54) is 0 Å². The molecule has 2 aromatic heterocycles. The Morgan fingerprint density at radius 1 is 1.17 bits per heavy atom. The van der Waals surface area contributed by atoms with Gasteiger partial charge in [-0.2, -0.15) is 4.98 Å². The monoisotopic (exact) mass is 243 g/mol. The molecule has 0 amide bonds. The van der Waals surface area contributed by atoms with Gasteiger partial charge in [0, 0.05) is 11.3 Å². The molecule has 3 aromatic rings. The number of nitrogens with zero attached hydrogens (tertiary/aromatic N) is 1. The van der Waals surface area contributed by atoms with Crippen molar-refractivity contribution in [2.45, 2.75) is 6.92 Å². The minimum atomic E-state index is -0.503. The Labute approximate surface area is 100 Å². The molecule has 90 valence electrons. The molecule has 0 radical (unpaired) electrons. The number of aromatic amines is 2. The number of H-pyrrole nitrogens is 2. The first-order valence-electron chi connectivity index (χ1n) is 5.33. The third kappa shape index (κ3) is 1.73. The average Bonchev–Trinajstić information content (AvgIpc) is 2.66. The van der Waals surface area contributed by atoms with Crippen molar-refractivity contribution in [2.24, 2.45) is 0 Å². The maximum atomic E-state index is 11.3. The molecule has 18 heavy (non-hydrogen) atoms. The summed E-state index contributed by atoms with van der Waals surface area (Å²) in [7, 11) is 0. The zero-order chi connectivity index (χ0) is 12.7. The maximum absolute atomic E-state index is 11.3. The highest BCUT2D eigenvalue weighted by Crippen LogP contribution is 2.20. The molecule has 0 saturated carbocycles. The summed E-state index contributed by atoms with van der Waals surface area (Å²) in [4.78, 5) is 31.4. The molecule has 0 aliphatic heterocycles. The van der Waals surface area contributed by atoms with Gasteiger partial charge in [-0.15, -0.1) is 0 Å². The Balaban J connectivity index is 2.24. The van der Waals surface area contributed by atoms with Gasteiger partial charge in [0.15, 0.2) is 5.58 Å². The zero-order valence-electron chi connectivity index (χ0n) is 9.48. The van der Waals surface area contributed by atoms with E-state index in [1.54, 1.807) is 31.2 Å². The third-order valence-electron chi connectivity index (χ3n) is 2.59. The van der Waals surface area contributed by atoms with Crippen molar-refractivity contribution in [3.05, 3.63) is 51.0 Å². The highest BCUT2D eigenvalue weighted by molar-refractivity contribution is 5.78. The predicted molar refractivity (Wildman–Crippen MR) is 65.4 cm³/mol. The molecule has 0 aliphatic rings. The standard InChI is InChI=1S/C12H9N3O3/c1-6-4-8(14-11(16)13-6)7-2-3-10-9(5-7)15-12(17)18-10/h2-5H,1H3,(H,15,17)(H,13,14,16). The van der Waals surface area contributed by atoms with Crippen LogP contribution in [-0.4, -0.2) is 15.0 Å². The van der Waals surface area contributed by atoms with E-state index in [2.05, 4.69) is 15.0 Å². The molecule has 1 aromatic carbocycles. The molecule has 0 bridgehead atoms. The molecule has 0 atom stereocenters. The van der Waals surface area contributed by atoms with Gasteiger partial charge in [-0.3, -0.25) is 4.98 Å². The van der Waals surface area contributed by atoms with Crippen molar-refractivity contribution in [1.29, 1.82) is 0 Å². The van der Waals surface area contributed by atoms with Crippen molar-refractivity contribution in [3.8, 4) is 11.3 Å². The minimum Gasteiger partial charge on any atom is -0.408 e. The van der Waals surface area contributed by atoms with Gasteiger partial charge >= 0.3 is 11.4 Å². The number of hydrogen-bond donors (Lipinski definition) is 2. The number of fused-ring (bicyclic) bond motifs is 1. The molecule has 6 heteroatoms. The molecule has 2 heterocycles. The number of benzene rings is 1. The summed E-state index contributed by atoms with van der Waals surface area (Å²) >= 11 is 0. The smallest absolute Gasteiger partial charge is 0.408 e. The van der Waals surface area contributed by atoms with Crippen LogP contribution in [0.15, 0.2) is 38.3 Å². The lowest BCUT2D eigenvalue weighted by Crippen LogP contribution is -2.11. The number of nitrogens with one attached hydrogen (secondary N) is 2. The van der Waals surface area contributed by atoms with E-state index in [1.807, 2.05) is 0 Å². The van der Waals surface area contributed by atoms with Gasteiger partial charge < -0.3 is 9.40 Å². The van der Waals surface area contributed by atoms with Gasteiger partial charge in [0.2, 0.25) is 0 Å². The summed E-state index contributed by atoms with van der Waals surface area (Å²) in [6.07, 6.45) is 0. The molecular formula is C12H9N3O3. The highest BCUT2D eigenvalue weighted by Gasteiger charge is 2.06. The van der Waals surface area contributed by atoms with Crippen LogP contribution < -0.4 is 11.4 Å². The molecule has 0 aliphatic carbocycles. The molecular weight excluding hydrogens is 234 g/mol. The summed E-state index contributed by atoms with van der Waals surface area (Å²) in [5, 5.41) is 0. The molecule has 3 rings (SSSR count). The first-order chi connectivity index (χ1) is 8.61. The summed E-state index contributed by atoms with van der Waals surface area (Å²) < 4.78 is 4.91. The Kier molecular flexibility index (Phi) is 2.16. The zero-order valence-corrected chi connectivity index (χ0v) is 9.48. The van der Waals surface area contributed by atoms with Crippen molar-refractivity contribution in [3.63, 3.8) is 0 Å². The average molecular weight is 243 g/mol. The van der Waals surface area contributed by atoms with Gasteiger partial charge in [-0.25, -0.2) is 9.59 Å². The molecule has 0 spiro atoms. The molecule has 0 unspecified atom stereocenters. The predicted octanol–water partition coefficient (Wildman–Crippen LogP) is 1.18. The van der Waals surface area contributed by atoms with Crippen molar-refractivity contribution >= 4 is 11.1 Å². The summed E-state index contributed by atoms with van der Waals surface area (Å²) in [6, 6.07) is 6.91. The molecule has 2 N–H and O–H groups in total. The second-order valence-corrected chi connectivity index (χ2v) is 3.98. The van der Waals surface area contributed by atoms with E-state index < -0.39 is 11.4 Å². The highest BCUT2D eigenvalue weighted by atomic mass is 16.4. The van der Waals surface area contributed by atoms with Crippen LogP contribution in [0.2, 0.25) is 0 Å². The van der Waals surface area contributed by atoms with Crippen LogP contribution in [0, 0.1) is 6.92 Å². The summed E-state index contributed by atoms with van der Waals surface area (Å²) in [6.45, 7) is 1.78. The lowest BCUT2D eigenvalue weighted by atomic mass is 10.1. The normalized spacial score (nSPS) is 10.9. The van der Waals surface area contributed by atoms with Gasteiger partial charge in [-0.1, -0.05) is 0 Å². The first kappa shape index (κ1) is 10.5. The quantitative estimate of drug-likeness (QED) is 0.671. The van der Waals surface area contributed by atoms with Gasteiger partial charge in [0.05, 0.1) is 11.2 Å². The van der Waals surface area contributed by atoms with Crippen LogP contribution in [0.3, 0.4) is 0 Å². The van der Waals surface area contributed by atoms with Crippen molar-refractivity contribution < 1.29 is 4.42 Å². The summed E-state index contributed by atoms with van der Waals surface area (Å²) in [5.74, 6) is -0.503. The van der Waals surface area contributed by atoms with E-state index in [0.717, 1.165) is 11.3 Å². The van der Waals surface area contributed by atoms with Gasteiger partial charge in [0.25, 0.3) is 0 Å². The van der Waals surface area contributed by atoms with Crippen LogP contribution in [0.1, 0.15) is 5.69 Å². The van der Waals surface area contributed by atoms with Crippen LogP contribution in [-0.2, 0) is 0 Å². The Morgan fingerprint density at radius 2 is 2.00 bits per heavy atom.